The second-order valence-corrected chi connectivity index (χ2v) is 7.64. The van der Waals surface area contributed by atoms with Gasteiger partial charge >= 0.3 is 0 Å². The lowest BCUT2D eigenvalue weighted by Crippen LogP contribution is -2.41. The molecule has 4 rings (SSSR count). The first-order valence-electron chi connectivity index (χ1n) is 8.97. The average Bonchev–Trinajstić information content (AvgIpc) is 3.18. The van der Waals surface area contributed by atoms with Crippen LogP contribution >= 0.6 is 23.4 Å². The van der Waals surface area contributed by atoms with Gasteiger partial charge in [-0.25, -0.2) is 0 Å². The van der Waals surface area contributed by atoms with Crippen LogP contribution in [0.2, 0.25) is 5.02 Å². The summed E-state index contributed by atoms with van der Waals surface area (Å²) < 4.78 is 7.27. The van der Waals surface area contributed by atoms with Crippen LogP contribution in [0.25, 0.3) is 17.1 Å². The Morgan fingerprint density at radius 2 is 1.75 bits per heavy atom. The first-order chi connectivity index (χ1) is 13.7. The van der Waals surface area contributed by atoms with E-state index in [1.807, 2.05) is 64.1 Å². The normalized spacial score (nSPS) is 14.2. The molecule has 1 aliphatic heterocycles. The van der Waals surface area contributed by atoms with Crippen LogP contribution in [0.5, 0.6) is 0 Å². The second kappa shape index (κ2) is 8.77. The number of morpholine rings is 1. The summed E-state index contributed by atoms with van der Waals surface area (Å²) >= 11 is 7.44. The number of amides is 1. The lowest BCUT2D eigenvalue weighted by atomic mass is 10.2. The number of hydrogen-bond donors (Lipinski definition) is 0. The number of nitrogens with zero attached hydrogens (tertiary/aromatic N) is 4. The Balaban J connectivity index is 1.62. The van der Waals surface area contributed by atoms with E-state index >= 15 is 0 Å². The SMILES string of the molecule is O=C(CSc1nnc(-c2ccccc2)n1-c1ccc(Cl)cc1)N1CCOCC1. The number of carbonyl (C=O) groups excluding carboxylic acids is 1. The molecule has 0 aliphatic carbocycles. The molecule has 0 atom stereocenters. The van der Waals surface area contributed by atoms with E-state index in [1.165, 1.54) is 11.8 Å². The van der Waals surface area contributed by atoms with Gasteiger partial charge < -0.3 is 9.64 Å². The fourth-order valence-electron chi connectivity index (χ4n) is 2.99. The number of thioether (sulfide) groups is 1. The summed E-state index contributed by atoms with van der Waals surface area (Å²) in [7, 11) is 0. The molecule has 2 aromatic carbocycles. The Labute approximate surface area is 172 Å². The first kappa shape index (κ1) is 19.0. The molecule has 1 amide bonds. The van der Waals surface area contributed by atoms with Crippen molar-refractivity contribution in [1.29, 1.82) is 0 Å². The summed E-state index contributed by atoms with van der Waals surface area (Å²) in [5, 5.41) is 10.1. The fraction of sp³-hybridized carbons (Fsp3) is 0.250. The molecular formula is C20H19ClN4O2S. The predicted octanol–water partition coefficient (Wildman–Crippen LogP) is 3.54. The van der Waals surface area contributed by atoms with Crippen molar-refractivity contribution in [3.63, 3.8) is 0 Å². The molecule has 3 aromatic rings. The number of benzene rings is 2. The van der Waals surface area contributed by atoms with Gasteiger partial charge in [0, 0.05) is 29.4 Å². The summed E-state index contributed by atoms with van der Waals surface area (Å²) in [6, 6.07) is 17.4. The standard InChI is InChI=1S/C20H19ClN4O2S/c21-16-6-8-17(9-7-16)25-19(15-4-2-1-3-5-15)22-23-20(25)28-14-18(26)24-10-12-27-13-11-24/h1-9H,10-14H2. The molecule has 0 spiro atoms. The highest BCUT2D eigenvalue weighted by Crippen LogP contribution is 2.28. The minimum absolute atomic E-state index is 0.0835. The molecule has 28 heavy (non-hydrogen) atoms. The fourth-order valence-corrected chi connectivity index (χ4v) is 3.97. The van der Waals surface area contributed by atoms with Crippen molar-refractivity contribution in [3.8, 4) is 17.1 Å². The third-order valence-electron chi connectivity index (χ3n) is 4.44. The lowest BCUT2D eigenvalue weighted by Gasteiger charge is -2.26. The van der Waals surface area contributed by atoms with Crippen molar-refractivity contribution in [2.24, 2.45) is 0 Å². The molecule has 0 bridgehead atoms. The zero-order chi connectivity index (χ0) is 19.3. The maximum absolute atomic E-state index is 12.5. The predicted molar refractivity (Wildman–Crippen MR) is 110 cm³/mol. The van der Waals surface area contributed by atoms with E-state index in [9.17, 15) is 4.79 Å². The molecule has 0 N–H and O–H groups in total. The van der Waals surface area contributed by atoms with Crippen LogP contribution in [0.3, 0.4) is 0 Å². The van der Waals surface area contributed by atoms with Crippen molar-refractivity contribution in [3.05, 3.63) is 59.6 Å². The molecule has 1 aromatic heterocycles. The van der Waals surface area contributed by atoms with E-state index in [0.29, 0.717) is 42.2 Å². The Hall–Kier alpha value is -2.35. The van der Waals surface area contributed by atoms with Crippen LogP contribution in [-0.2, 0) is 9.53 Å². The summed E-state index contributed by atoms with van der Waals surface area (Å²) in [5.41, 5.74) is 1.85. The molecule has 1 saturated heterocycles. The second-order valence-electron chi connectivity index (χ2n) is 6.27. The Bertz CT molecular complexity index is 941. The van der Waals surface area contributed by atoms with Gasteiger partial charge in [-0.1, -0.05) is 53.7 Å². The highest BCUT2D eigenvalue weighted by atomic mass is 35.5. The van der Waals surface area contributed by atoms with Gasteiger partial charge in [0.15, 0.2) is 11.0 Å². The highest BCUT2D eigenvalue weighted by molar-refractivity contribution is 7.99. The van der Waals surface area contributed by atoms with E-state index in [-0.39, 0.29) is 5.91 Å². The Morgan fingerprint density at radius 3 is 2.46 bits per heavy atom. The largest absolute Gasteiger partial charge is 0.378 e. The van der Waals surface area contributed by atoms with Crippen molar-refractivity contribution >= 4 is 29.3 Å². The number of ether oxygens (including phenoxy) is 1. The zero-order valence-corrected chi connectivity index (χ0v) is 16.7. The van der Waals surface area contributed by atoms with E-state index in [2.05, 4.69) is 10.2 Å². The molecule has 0 radical (unpaired) electrons. The van der Waals surface area contributed by atoms with Gasteiger partial charge in [0.25, 0.3) is 0 Å². The first-order valence-corrected chi connectivity index (χ1v) is 10.3. The van der Waals surface area contributed by atoms with E-state index in [1.54, 1.807) is 0 Å². The molecule has 0 saturated carbocycles. The number of carbonyl (C=O) groups is 1. The summed E-state index contributed by atoms with van der Waals surface area (Å²) in [4.78, 5) is 14.3. The third-order valence-corrected chi connectivity index (χ3v) is 5.60. The van der Waals surface area contributed by atoms with Crippen LogP contribution in [0.1, 0.15) is 0 Å². The smallest absolute Gasteiger partial charge is 0.233 e. The molecule has 6 nitrogen and oxygen atoms in total. The third kappa shape index (κ3) is 4.22. The molecule has 1 aliphatic rings. The van der Waals surface area contributed by atoms with E-state index < -0.39 is 0 Å². The summed E-state index contributed by atoms with van der Waals surface area (Å²) in [6.45, 7) is 2.46. The van der Waals surface area contributed by atoms with Gasteiger partial charge in [-0.2, -0.15) is 0 Å². The number of rotatable bonds is 5. The van der Waals surface area contributed by atoms with E-state index in [0.717, 1.165) is 17.1 Å². The average molecular weight is 415 g/mol. The zero-order valence-electron chi connectivity index (χ0n) is 15.1. The molecule has 144 valence electrons. The van der Waals surface area contributed by atoms with Gasteiger partial charge in [0.2, 0.25) is 5.91 Å². The molecular weight excluding hydrogens is 396 g/mol. The number of halogens is 1. The van der Waals surface area contributed by atoms with Gasteiger partial charge in [-0.3, -0.25) is 9.36 Å². The van der Waals surface area contributed by atoms with Crippen LogP contribution < -0.4 is 0 Å². The van der Waals surface area contributed by atoms with Crippen LogP contribution in [-0.4, -0.2) is 57.6 Å². The Morgan fingerprint density at radius 1 is 1.04 bits per heavy atom. The summed E-state index contributed by atoms with van der Waals surface area (Å²) in [6.07, 6.45) is 0. The molecule has 0 unspecified atom stereocenters. The molecule has 8 heteroatoms. The number of hydrogen-bond acceptors (Lipinski definition) is 5. The summed E-state index contributed by atoms with van der Waals surface area (Å²) in [5.74, 6) is 1.12. The van der Waals surface area contributed by atoms with Gasteiger partial charge in [0.1, 0.15) is 0 Å². The maximum atomic E-state index is 12.5. The molecule has 1 fully saturated rings. The van der Waals surface area contributed by atoms with Crippen LogP contribution in [0, 0.1) is 0 Å². The van der Waals surface area contributed by atoms with Crippen molar-refractivity contribution < 1.29 is 9.53 Å². The number of aromatic nitrogens is 3. The van der Waals surface area contributed by atoms with Gasteiger partial charge in [-0.05, 0) is 24.3 Å². The quantitative estimate of drug-likeness (QED) is 0.597. The highest BCUT2D eigenvalue weighted by Gasteiger charge is 2.20. The maximum Gasteiger partial charge on any atom is 0.233 e. The van der Waals surface area contributed by atoms with Gasteiger partial charge in [0.05, 0.1) is 19.0 Å². The lowest BCUT2D eigenvalue weighted by molar-refractivity contribution is -0.132. The monoisotopic (exact) mass is 414 g/mol. The minimum atomic E-state index is 0.0835. The molecule has 2 heterocycles. The van der Waals surface area contributed by atoms with Crippen molar-refractivity contribution in [2.75, 3.05) is 32.1 Å². The van der Waals surface area contributed by atoms with E-state index in [4.69, 9.17) is 16.3 Å². The van der Waals surface area contributed by atoms with Crippen LogP contribution in [0.15, 0.2) is 59.8 Å². The van der Waals surface area contributed by atoms with Crippen molar-refractivity contribution in [2.45, 2.75) is 5.16 Å². The van der Waals surface area contributed by atoms with Gasteiger partial charge in [-0.15, -0.1) is 10.2 Å². The van der Waals surface area contributed by atoms with Crippen molar-refractivity contribution in [1.82, 2.24) is 19.7 Å². The minimum Gasteiger partial charge on any atom is -0.378 e. The Kier molecular flexibility index (Phi) is 5.95. The topological polar surface area (TPSA) is 60.2 Å². The van der Waals surface area contributed by atoms with Crippen LogP contribution in [0.4, 0.5) is 0 Å².